The quantitative estimate of drug-likeness (QED) is 0.808. The lowest BCUT2D eigenvalue weighted by atomic mass is 10.0. The van der Waals surface area contributed by atoms with Gasteiger partial charge in [0.15, 0.2) is 9.84 Å². The van der Waals surface area contributed by atoms with Crippen LogP contribution in [0.3, 0.4) is 0 Å². The number of carbonyl (C=O) groups excluding carboxylic acids is 1. The summed E-state index contributed by atoms with van der Waals surface area (Å²) in [5.74, 6) is -0.969. The van der Waals surface area contributed by atoms with Crippen LogP contribution < -0.4 is 0 Å². The van der Waals surface area contributed by atoms with E-state index in [9.17, 15) is 26.4 Å². The summed E-state index contributed by atoms with van der Waals surface area (Å²) in [6.07, 6.45) is -3.00. The maximum Gasteiger partial charge on any atom is 0.417 e. The minimum Gasteiger partial charge on any atom is -0.335 e. The fourth-order valence-electron chi connectivity index (χ4n) is 2.87. The van der Waals surface area contributed by atoms with Crippen LogP contribution in [0.15, 0.2) is 24.3 Å². The van der Waals surface area contributed by atoms with E-state index in [0.29, 0.717) is 6.42 Å². The molecule has 0 N–H and O–H groups in total. The second-order valence-electron chi connectivity index (χ2n) is 5.95. The minimum atomic E-state index is -4.63. The summed E-state index contributed by atoms with van der Waals surface area (Å²) >= 11 is 0. The number of hydrogen-bond donors (Lipinski definition) is 0. The number of halogens is 3. The van der Waals surface area contributed by atoms with Crippen LogP contribution in [-0.4, -0.2) is 43.3 Å². The van der Waals surface area contributed by atoms with Gasteiger partial charge >= 0.3 is 6.18 Å². The Bertz CT molecular complexity index is 701. The van der Waals surface area contributed by atoms with E-state index in [-0.39, 0.29) is 24.5 Å². The van der Waals surface area contributed by atoms with Crippen molar-refractivity contribution in [2.45, 2.75) is 38.4 Å². The Morgan fingerprint density at radius 1 is 1.29 bits per heavy atom. The summed E-state index contributed by atoms with van der Waals surface area (Å²) in [6.45, 7) is 2.15. The van der Waals surface area contributed by atoms with Crippen LogP contribution in [-0.2, 0) is 16.0 Å². The first-order chi connectivity index (χ1) is 11.2. The van der Waals surface area contributed by atoms with E-state index in [1.165, 1.54) is 17.0 Å². The van der Waals surface area contributed by atoms with E-state index in [0.717, 1.165) is 18.6 Å². The summed E-state index contributed by atoms with van der Waals surface area (Å²) in [7, 11) is -3.24. The van der Waals surface area contributed by atoms with Crippen LogP contribution >= 0.6 is 0 Å². The lowest BCUT2D eigenvalue weighted by Crippen LogP contribution is -2.42. The van der Waals surface area contributed by atoms with Gasteiger partial charge in [0.25, 0.3) is 5.91 Å². The molecule has 1 aromatic rings. The molecule has 1 aliphatic heterocycles. The largest absolute Gasteiger partial charge is 0.417 e. The molecule has 1 fully saturated rings. The summed E-state index contributed by atoms with van der Waals surface area (Å²) < 4.78 is 62.8. The van der Waals surface area contributed by atoms with Crippen LogP contribution in [0, 0.1) is 0 Å². The fraction of sp³-hybridized carbons (Fsp3) is 0.562. The van der Waals surface area contributed by atoms with Gasteiger partial charge in [-0.1, -0.05) is 25.5 Å². The molecule has 0 bridgehead atoms. The maximum absolute atomic E-state index is 13.2. The second-order valence-corrected chi connectivity index (χ2v) is 8.18. The molecule has 0 aliphatic carbocycles. The Morgan fingerprint density at radius 3 is 2.50 bits per heavy atom. The number of rotatable bonds is 5. The molecule has 1 saturated heterocycles. The molecule has 134 valence electrons. The summed E-state index contributed by atoms with van der Waals surface area (Å²) in [6, 6.07) is 4.07. The van der Waals surface area contributed by atoms with Gasteiger partial charge in [0.05, 0.1) is 22.6 Å². The first-order valence-electron chi connectivity index (χ1n) is 7.83. The molecule has 1 aromatic carbocycles. The highest BCUT2D eigenvalue weighted by Crippen LogP contribution is 2.33. The molecule has 2 rings (SSSR count). The van der Waals surface area contributed by atoms with Gasteiger partial charge in [-0.3, -0.25) is 4.79 Å². The zero-order valence-corrected chi connectivity index (χ0v) is 14.2. The summed E-state index contributed by atoms with van der Waals surface area (Å²) in [4.78, 5) is 14.1. The van der Waals surface area contributed by atoms with Gasteiger partial charge in [0.2, 0.25) is 0 Å². The van der Waals surface area contributed by atoms with Gasteiger partial charge in [-0.2, -0.15) is 13.2 Å². The number of hydrogen-bond acceptors (Lipinski definition) is 3. The van der Waals surface area contributed by atoms with Gasteiger partial charge in [-0.05, 0) is 25.0 Å². The Balaban J connectivity index is 2.35. The molecule has 0 radical (unpaired) electrons. The third-order valence-corrected chi connectivity index (χ3v) is 5.88. The molecular formula is C16H20F3NO3S. The van der Waals surface area contributed by atoms with Crippen molar-refractivity contribution in [1.82, 2.24) is 4.90 Å². The lowest BCUT2D eigenvalue weighted by molar-refractivity contribution is -0.138. The normalized spacial score (nSPS) is 20.1. The smallest absolute Gasteiger partial charge is 0.335 e. The average Bonchev–Trinajstić information content (AvgIpc) is 2.86. The molecule has 1 atom stereocenters. The number of unbranched alkanes of at least 4 members (excludes halogenated alkanes) is 1. The molecule has 0 saturated carbocycles. The van der Waals surface area contributed by atoms with Crippen LogP contribution in [0.4, 0.5) is 13.2 Å². The predicted octanol–water partition coefficient (Wildman–Crippen LogP) is 3.13. The number of sulfone groups is 1. The van der Waals surface area contributed by atoms with Crippen LogP contribution in [0.25, 0.3) is 0 Å². The lowest BCUT2D eigenvalue weighted by Gasteiger charge is -2.29. The molecule has 0 aromatic heterocycles. The number of amides is 1. The Kier molecular flexibility index (Phi) is 5.57. The van der Waals surface area contributed by atoms with Gasteiger partial charge in [0.1, 0.15) is 0 Å². The number of carbonyl (C=O) groups is 1. The molecule has 1 unspecified atom stereocenters. The Hall–Kier alpha value is -1.57. The molecule has 24 heavy (non-hydrogen) atoms. The minimum absolute atomic E-state index is 0.0332. The predicted molar refractivity (Wildman–Crippen MR) is 84.4 cm³/mol. The Labute approximate surface area is 139 Å². The topological polar surface area (TPSA) is 54.5 Å². The van der Waals surface area contributed by atoms with E-state index in [2.05, 4.69) is 0 Å². The molecule has 1 aliphatic rings. The van der Waals surface area contributed by atoms with E-state index < -0.39 is 39.1 Å². The third-order valence-electron chi connectivity index (χ3n) is 4.13. The number of alkyl halides is 3. The highest BCUT2D eigenvalue weighted by molar-refractivity contribution is 7.91. The highest BCUT2D eigenvalue weighted by atomic mass is 32.2. The van der Waals surface area contributed by atoms with Crippen molar-refractivity contribution in [3.63, 3.8) is 0 Å². The Morgan fingerprint density at radius 2 is 1.96 bits per heavy atom. The standard InChI is InChI=1S/C16H20F3NO3S/c1-2-3-9-20(12-8-10-24(22,23)11-12)15(21)13-6-4-5-7-14(13)16(17,18)19/h4-7,12H,2-3,8-11H2,1H3. The summed E-state index contributed by atoms with van der Waals surface area (Å²) in [5.41, 5.74) is -1.41. The fourth-order valence-corrected chi connectivity index (χ4v) is 4.60. The van der Waals surface area contributed by atoms with E-state index in [4.69, 9.17) is 0 Å². The van der Waals surface area contributed by atoms with E-state index >= 15 is 0 Å². The van der Waals surface area contributed by atoms with E-state index in [1.54, 1.807) is 0 Å². The SMILES string of the molecule is CCCCN(C(=O)c1ccccc1C(F)(F)F)C1CCS(=O)(=O)C1. The first kappa shape index (κ1) is 18.8. The van der Waals surface area contributed by atoms with Gasteiger partial charge in [0, 0.05) is 12.6 Å². The zero-order valence-electron chi connectivity index (χ0n) is 13.3. The van der Waals surface area contributed by atoms with Crippen molar-refractivity contribution < 1.29 is 26.4 Å². The second kappa shape index (κ2) is 7.13. The molecule has 8 heteroatoms. The third kappa shape index (κ3) is 4.28. The van der Waals surface area contributed by atoms with Crippen molar-refractivity contribution in [3.8, 4) is 0 Å². The van der Waals surface area contributed by atoms with Gasteiger partial charge in [-0.25, -0.2) is 8.42 Å². The molecule has 1 heterocycles. The number of nitrogens with zero attached hydrogens (tertiary/aromatic N) is 1. The van der Waals surface area contributed by atoms with Crippen molar-refractivity contribution >= 4 is 15.7 Å². The zero-order chi connectivity index (χ0) is 18.0. The monoisotopic (exact) mass is 363 g/mol. The molecule has 4 nitrogen and oxygen atoms in total. The van der Waals surface area contributed by atoms with Crippen molar-refractivity contribution in [3.05, 3.63) is 35.4 Å². The van der Waals surface area contributed by atoms with Crippen molar-refractivity contribution in [2.24, 2.45) is 0 Å². The first-order valence-corrected chi connectivity index (χ1v) is 9.65. The maximum atomic E-state index is 13.2. The van der Waals surface area contributed by atoms with E-state index in [1.807, 2.05) is 6.92 Å². The highest BCUT2D eigenvalue weighted by Gasteiger charge is 2.39. The average molecular weight is 363 g/mol. The van der Waals surface area contributed by atoms with Crippen LogP contribution in [0.1, 0.15) is 42.1 Å². The van der Waals surface area contributed by atoms with Gasteiger partial charge in [-0.15, -0.1) is 0 Å². The van der Waals surface area contributed by atoms with Crippen LogP contribution in [0.5, 0.6) is 0 Å². The molecular weight excluding hydrogens is 343 g/mol. The van der Waals surface area contributed by atoms with Crippen LogP contribution in [0.2, 0.25) is 0 Å². The summed E-state index contributed by atoms with van der Waals surface area (Å²) in [5, 5.41) is 0. The number of benzene rings is 1. The van der Waals surface area contributed by atoms with Crippen molar-refractivity contribution in [2.75, 3.05) is 18.1 Å². The molecule has 1 amide bonds. The van der Waals surface area contributed by atoms with Gasteiger partial charge < -0.3 is 4.90 Å². The van der Waals surface area contributed by atoms with Crippen molar-refractivity contribution in [1.29, 1.82) is 0 Å². The molecule has 0 spiro atoms.